The van der Waals surface area contributed by atoms with Gasteiger partial charge >= 0.3 is 0 Å². The molecular weight excluding hydrogens is 282 g/mol. The Balaban J connectivity index is 1.60. The van der Waals surface area contributed by atoms with Gasteiger partial charge in [0.05, 0.1) is 0 Å². The molecule has 1 fully saturated rings. The lowest BCUT2D eigenvalue weighted by molar-refractivity contribution is -0.117. The highest BCUT2D eigenvalue weighted by Crippen LogP contribution is 2.30. The average Bonchev–Trinajstić information content (AvgIpc) is 3.25. The third-order valence-corrected chi connectivity index (χ3v) is 4.31. The molecule has 2 N–H and O–H groups in total. The van der Waals surface area contributed by atoms with Crippen LogP contribution in [-0.2, 0) is 11.3 Å². The van der Waals surface area contributed by atoms with E-state index < -0.39 is 0 Å². The van der Waals surface area contributed by atoms with Gasteiger partial charge < -0.3 is 10.6 Å². The van der Waals surface area contributed by atoms with E-state index in [1.54, 1.807) is 0 Å². The summed E-state index contributed by atoms with van der Waals surface area (Å²) in [6, 6.07) is 13.6. The number of amides is 1. The molecule has 106 valence electrons. The summed E-state index contributed by atoms with van der Waals surface area (Å²) in [6.07, 6.45) is 2.01. The van der Waals surface area contributed by atoms with E-state index >= 15 is 0 Å². The van der Waals surface area contributed by atoms with Gasteiger partial charge in [0.15, 0.2) is 0 Å². The van der Waals surface area contributed by atoms with Crippen LogP contribution in [0.25, 0.3) is 0 Å². The summed E-state index contributed by atoms with van der Waals surface area (Å²) in [5.41, 5.74) is 1.77. The molecule has 2 aromatic rings. The fraction of sp³-hybridized carbons (Fsp3) is 0.250. The highest BCUT2D eigenvalue weighted by atomic mass is 32.1. The van der Waals surface area contributed by atoms with E-state index in [2.05, 4.69) is 16.7 Å². The van der Waals surface area contributed by atoms with Crippen molar-refractivity contribution in [2.24, 2.45) is 5.92 Å². The highest BCUT2D eigenvalue weighted by molar-refractivity contribution is 7.12. The molecule has 3 rings (SSSR count). The van der Waals surface area contributed by atoms with Gasteiger partial charge in [-0.05, 0) is 43.2 Å². The zero-order valence-corrected chi connectivity index (χ0v) is 12.2. The summed E-state index contributed by atoms with van der Waals surface area (Å²) in [7, 11) is 0. The fourth-order valence-corrected chi connectivity index (χ4v) is 2.76. The van der Waals surface area contributed by atoms with Gasteiger partial charge in [0, 0.05) is 28.7 Å². The third-order valence-electron chi connectivity index (χ3n) is 3.32. The Hall–Kier alpha value is -2.32. The minimum absolute atomic E-state index is 0.115. The summed E-state index contributed by atoms with van der Waals surface area (Å²) in [4.78, 5) is 13.6. The summed E-state index contributed by atoms with van der Waals surface area (Å²) in [5.74, 6) is 0.321. The van der Waals surface area contributed by atoms with Gasteiger partial charge in [-0.1, -0.05) is 6.07 Å². The number of benzene rings is 1. The lowest BCUT2D eigenvalue weighted by atomic mass is 10.2. The zero-order chi connectivity index (χ0) is 14.7. The predicted molar refractivity (Wildman–Crippen MR) is 84.2 cm³/mol. The van der Waals surface area contributed by atoms with Crippen molar-refractivity contribution in [3.05, 3.63) is 46.2 Å². The molecule has 1 amide bonds. The molecule has 0 radical (unpaired) electrons. The molecule has 1 aliphatic carbocycles. The van der Waals surface area contributed by atoms with Gasteiger partial charge in [-0.25, -0.2) is 0 Å². The summed E-state index contributed by atoms with van der Waals surface area (Å²) >= 11 is 1.49. The van der Waals surface area contributed by atoms with Crippen molar-refractivity contribution in [3.63, 3.8) is 0 Å². The Morgan fingerprint density at radius 1 is 1.29 bits per heavy atom. The minimum atomic E-state index is 0.115. The molecule has 1 saturated carbocycles. The smallest absolute Gasteiger partial charge is 0.227 e. The number of rotatable bonds is 5. The van der Waals surface area contributed by atoms with Crippen LogP contribution in [0.4, 0.5) is 11.4 Å². The number of hydrogen-bond acceptors (Lipinski definition) is 4. The number of nitriles is 1. The number of nitrogens with one attached hydrogen (secondary N) is 2. The maximum Gasteiger partial charge on any atom is 0.227 e. The maximum atomic E-state index is 11.7. The van der Waals surface area contributed by atoms with Crippen LogP contribution in [0.2, 0.25) is 0 Å². The molecule has 4 nitrogen and oxygen atoms in total. The molecule has 0 spiro atoms. The zero-order valence-electron chi connectivity index (χ0n) is 11.4. The van der Waals surface area contributed by atoms with Crippen LogP contribution in [0.3, 0.4) is 0 Å². The van der Waals surface area contributed by atoms with Gasteiger partial charge in [-0.3, -0.25) is 4.79 Å². The molecule has 0 aliphatic heterocycles. The van der Waals surface area contributed by atoms with Crippen molar-refractivity contribution < 1.29 is 4.79 Å². The van der Waals surface area contributed by atoms with E-state index in [0.29, 0.717) is 6.54 Å². The van der Waals surface area contributed by atoms with Crippen LogP contribution in [0, 0.1) is 17.2 Å². The van der Waals surface area contributed by atoms with E-state index in [-0.39, 0.29) is 11.8 Å². The summed E-state index contributed by atoms with van der Waals surface area (Å²) in [5, 5.41) is 15.0. The quantitative estimate of drug-likeness (QED) is 0.886. The third kappa shape index (κ3) is 3.61. The summed E-state index contributed by atoms with van der Waals surface area (Å²) in [6.45, 7) is 0.673. The Bertz CT molecular complexity index is 698. The Morgan fingerprint density at radius 3 is 2.81 bits per heavy atom. The molecule has 1 aliphatic rings. The molecule has 1 aromatic carbocycles. The SMILES string of the molecule is N#Cc1ccc(CNc2cccc(NC(=O)C3CC3)c2)s1. The summed E-state index contributed by atoms with van der Waals surface area (Å²) < 4.78 is 0. The van der Waals surface area contributed by atoms with Crippen LogP contribution in [-0.4, -0.2) is 5.91 Å². The van der Waals surface area contributed by atoms with Crippen molar-refractivity contribution >= 4 is 28.6 Å². The second-order valence-electron chi connectivity index (χ2n) is 5.08. The monoisotopic (exact) mass is 297 g/mol. The topological polar surface area (TPSA) is 64.9 Å². The highest BCUT2D eigenvalue weighted by Gasteiger charge is 2.29. The first-order valence-corrected chi connectivity index (χ1v) is 7.70. The first-order chi connectivity index (χ1) is 10.2. The second-order valence-corrected chi connectivity index (χ2v) is 6.24. The first-order valence-electron chi connectivity index (χ1n) is 6.88. The van der Waals surface area contributed by atoms with E-state index in [9.17, 15) is 4.79 Å². The van der Waals surface area contributed by atoms with Crippen LogP contribution >= 0.6 is 11.3 Å². The van der Waals surface area contributed by atoms with Gasteiger partial charge in [0.25, 0.3) is 0 Å². The molecule has 5 heteroatoms. The van der Waals surface area contributed by atoms with Crippen LogP contribution < -0.4 is 10.6 Å². The Morgan fingerprint density at radius 2 is 2.10 bits per heavy atom. The molecule has 0 saturated heterocycles. The van der Waals surface area contributed by atoms with Crippen LogP contribution in [0.1, 0.15) is 22.6 Å². The van der Waals surface area contributed by atoms with Crippen molar-refractivity contribution in [3.8, 4) is 6.07 Å². The van der Waals surface area contributed by atoms with Crippen LogP contribution in [0.15, 0.2) is 36.4 Å². The Labute approximate surface area is 127 Å². The van der Waals surface area contributed by atoms with Crippen LogP contribution in [0.5, 0.6) is 0 Å². The molecule has 1 heterocycles. The number of thiophene rings is 1. The van der Waals surface area contributed by atoms with Crippen molar-refractivity contribution in [2.75, 3.05) is 10.6 Å². The van der Waals surface area contributed by atoms with E-state index in [0.717, 1.165) is 34.0 Å². The van der Waals surface area contributed by atoms with Crippen molar-refractivity contribution in [1.29, 1.82) is 5.26 Å². The lowest BCUT2D eigenvalue weighted by Gasteiger charge is -2.08. The second kappa shape index (κ2) is 5.98. The number of carbonyl (C=O) groups is 1. The number of hydrogen-bond donors (Lipinski definition) is 2. The molecule has 0 bridgehead atoms. The number of nitrogens with zero attached hydrogens (tertiary/aromatic N) is 1. The van der Waals surface area contributed by atoms with Gasteiger partial charge in [-0.2, -0.15) is 5.26 Å². The lowest BCUT2D eigenvalue weighted by Crippen LogP contribution is -2.13. The van der Waals surface area contributed by atoms with Gasteiger partial charge in [0.1, 0.15) is 10.9 Å². The fourth-order valence-electron chi connectivity index (χ4n) is 2.02. The normalized spacial score (nSPS) is 13.5. The largest absolute Gasteiger partial charge is 0.380 e. The first kappa shape index (κ1) is 13.7. The molecule has 0 unspecified atom stereocenters. The predicted octanol–water partition coefficient (Wildman–Crippen LogP) is 3.58. The van der Waals surface area contributed by atoms with Gasteiger partial charge in [0.2, 0.25) is 5.91 Å². The standard InChI is InChI=1S/C16H15N3OS/c17-9-14-6-7-15(21-14)10-18-12-2-1-3-13(8-12)19-16(20)11-4-5-11/h1-3,6-8,11,18H,4-5,10H2,(H,19,20). The Kier molecular flexibility index (Phi) is 3.89. The maximum absolute atomic E-state index is 11.7. The molecule has 21 heavy (non-hydrogen) atoms. The van der Waals surface area contributed by atoms with Crippen molar-refractivity contribution in [2.45, 2.75) is 19.4 Å². The van der Waals surface area contributed by atoms with E-state index in [1.165, 1.54) is 11.3 Å². The van der Waals surface area contributed by atoms with E-state index in [4.69, 9.17) is 5.26 Å². The molecule has 0 atom stereocenters. The number of anilines is 2. The molecule has 1 aromatic heterocycles. The molecular formula is C16H15N3OS. The van der Waals surface area contributed by atoms with E-state index in [1.807, 2.05) is 36.4 Å². The van der Waals surface area contributed by atoms with Crippen molar-refractivity contribution in [1.82, 2.24) is 0 Å². The minimum Gasteiger partial charge on any atom is -0.380 e. The van der Waals surface area contributed by atoms with Gasteiger partial charge in [-0.15, -0.1) is 11.3 Å². The average molecular weight is 297 g/mol. The number of carbonyl (C=O) groups excluding carboxylic acids is 1.